The first-order valence-corrected chi connectivity index (χ1v) is 12.3. The highest BCUT2D eigenvalue weighted by molar-refractivity contribution is 5.99. The fourth-order valence-electron chi connectivity index (χ4n) is 4.72. The molecule has 0 N–H and O–H groups in total. The molecule has 180 valence electrons. The molecule has 1 aromatic carbocycles. The van der Waals surface area contributed by atoms with Gasteiger partial charge in [-0.1, -0.05) is 38.1 Å². The summed E-state index contributed by atoms with van der Waals surface area (Å²) >= 11 is 0. The summed E-state index contributed by atoms with van der Waals surface area (Å²) in [6.45, 7) is 8.83. The minimum Gasteiger partial charge on any atom is -0.341 e. The third-order valence-electron chi connectivity index (χ3n) is 6.81. The molecule has 0 spiro atoms. The zero-order valence-electron chi connectivity index (χ0n) is 20.4. The van der Waals surface area contributed by atoms with Crippen LogP contribution in [0.1, 0.15) is 66.7 Å². The number of nitrogens with zero attached hydrogens (tertiary/aromatic N) is 4. The Balaban J connectivity index is 1.50. The van der Waals surface area contributed by atoms with Crippen LogP contribution in [0.5, 0.6) is 0 Å². The largest absolute Gasteiger partial charge is 0.341 e. The summed E-state index contributed by atoms with van der Waals surface area (Å²) in [7, 11) is 0. The zero-order valence-corrected chi connectivity index (χ0v) is 20.4. The summed E-state index contributed by atoms with van der Waals surface area (Å²) in [5.74, 6) is 0.424. The van der Waals surface area contributed by atoms with Crippen molar-refractivity contribution in [3.05, 3.63) is 58.9 Å². The van der Waals surface area contributed by atoms with Gasteiger partial charge in [-0.05, 0) is 42.4 Å². The van der Waals surface area contributed by atoms with Crippen molar-refractivity contribution in [2.75, 3.05) is 37.6 Å². The lowest BCUT2D eigenvalue weighted by molar-refractivity contribution is -0.128. The lowest BCUT2D eigenvalue weighted by Gasteiger charge is -2.30. The van der Waals surface area contributed by atoms with Gasteiger partial charge in [0.2, 0.25) is 11.8 Å². The van der Waals surface area contributed by atoms with E-state index in [1.54, 1.807) is 27.8 Å². The Morgan fingerprint density at radius 2 is 1.65 bits per heavy atom. The summed E-state index contributed by atoms with van der Waals surface area (Å²) in [6, 6.07) is 10.1. The van der Waals surface area contributed by atoms with Gasteiger partial charge in [0, 0.05) is 45.8 Å². The monoisotopic (exact) mass is 462 g/mol. The highest BCUT2D eigenvalue weighted by Gasteiger charge is 2.27. The van der Waals surface area contributed by atoms with Gasteiger partial charge in [-0.15, -0.1) is 0 Å². The average Bonchev–Trinajstić information content (AvgIpc) is 3.10. The van der Waals surface area contributed by atoms with E-state index in [4.69, 9.17) is 0 Å². The highest BCUT2D eigenvalue weighted by Crippen LogP contribution is 2.28. The number of carbonyl (C=O) groups excluding carboxylic acids is 3. The summed E-state index contributed by atoms with van der Waals surface area (Å²) in [5.41, 5.74) is 4.36. The molecule has 2 aliphatic heterocycles. The molecule has 3 amide bonds. The Hall–Kier alpha value is -3.22. The van der Waals surface area contributed by atoms with Crippen LogP contribution < -0.4 is 4.90 Å². The van der Waals surface area contributed by atoms with Crippen LogP contribution >= 0.6 is 0 Å². The number of anilines is 1. The summed E-state index contributed by atoms with van der Waals surface area (Å²) in [4.78, 5) is 48.1. The molecule has 0 unspecified atom stereocenters. The molecule has 2 aliphatic rings. The number of carbonyl (C=O) groups is 3. The number of rotatable bonds is 4. The molecule has 0 atom stereocenters. The smallest absolute Gasteiger partial charge is 0.255 e. The maximum absolute atomic E-state index is 13.2. The number of pyridine rings is 1. The molecule has 0 aliphatic carbocycles. The number of hydrogen-bond acceptors (Lipinski definition) is 4. The fraction of sp³-hybridized carbons (Fsp3) is 0.481. The van der Waals surface area contributed by atoms with Crippen molar-refractivity contribution >= 4 is 23.4 Å². The molecule has 34 heavy (non-hydrogen) atoms. The molecule has 1 saturated heterocycles. The molecular formula is C27H34N4O3. The third kappa shape index (κ3) is 5.29. The molecule has 0 bridgehead atoms. The SMILES string of the molecule is CC(=O)N1CCCN(C(=O)c2cnc3c(c2)N(C(=O)Cc2ccc(C(C)C)cc2)CCC3)CC1. The van der Waals surface area contributed by atoms with Gasteiger partial charge in [0.15, 0.2) is 0 Å². The van der Waals surface area contributed by atoms with E-state index in [-0.39, 0.29) is 17.7 Å². The van der Waals surface area contributed by atoms with E-state index in [1.807, 2.05) is 18.2 Å². The number of hydrogen-bond donors (Lipinski definition) is 0. The van der Waals surface area contributed by atoms with Gasteiger partial charge < -0.3 is 14.7 Å². The van der Waals surface area contributed by atoms with Crippen molar-refractivity contribution in [2.24, 2.45) is 0 Å². The fourth-order valence-corrected chi connectivity index (χ4v) is 4.72. The van der Waals surface area contributed by atoms with Gasteiger partial charge in [-0.3, -0.25) is 19.4 Å². The second-order valence-electron chi connectivity index (χ2n) is 9.56. The molecule has 0 saturated carbocycles. The topological polar surface area (TPSA) is 73.8 Å². The van der Waals surface area contributed by atoms with E-state index in [2.05, 4.69) is 31.0 Å². The van der Waals surface area contributed by atoms with Crippen molar-refractivity contribution in [1.82, 2.24) is 14.8 Å². The molecule has 7 nitrogen and oxygen atoms in total. The van der Waals surface area contributed by atoms with Crippen molar-refractivity contribution in [2.45, 2.75) is 52.4 Å². The van der Waals surface area contributed by atoms with Crippen LogP contribution in [0.3, 0.4) is 0 Å². The molecule has 4 rings (SSSR count). The Labute approximate surface area is 201 Å². The van der Waals surface area contributed by atoms with Gasteiger partial charge in [-0.25, -0.2) is 0 Å². The first-order chi connectivity index (χ1) is 16.3. The molecule has 1 fully saturated rings. The highest BCUT2D eigenvalue weighted by atomic mass is 16.2. The lowest BCUT2D eigenvalue weighted by atomic mass is 10.00. The summed E-state index contributed by atoms with van der Waals surface area (Å²) in [6.07, 6.45) is 4.37. The first kappa shape index (κ1) is 23.9. The first-order valence-electron chi connectivity index (χ1n) is 12.3. The third-order valence-corrected chi connectivity index (χ3v) is 6.81. The van der Waals surface area contributed by atoms with Crippen LogP contribution in [0.2, 0.25) is 0 Å². The maximum atomic E-state index is 13.2. The second kappa shape index (κ2) is 10.4. The van der Waals surface area contributed by atoms with Gasteiger partial charge in [0.05, 0.1) is 23.4 Å². The van der Waals surface area contributed by atoms with Crippen molar-refractivity contribution in [3.8, 4) is 0 Å². The normalized spacial score (nSPS) is 16.3. The van der Waals surface area contributed by atoms with Gasteiger partial charge >= 0.3 is 0 Å². The Bertz CT molecular complexity index is 1060. The number of aromatic nitrogens is 1. The summed E-state index contributed by atoms with van der Waals surface area (Å²) < 4.78 is 0. The Kier molecular flexibility index (Phi) is 7.29. The number of fused-ring (bicyclic) bond motifs is 1. The number of amides is 3. The summed E-state index contributed by atoms with van der Waals surface area (Å²) in [5, 5.41) is 0. The van der Waals surface area contributed by atoms with E-state index < -0.39 is 0 Å². The van der Waals surface area contributed by atoms with Crippen LogP contribution in [-0.2, 0) is 22.4 Å². The molecule has 2 aromatic rings. The molecule has 0 radical (unpaired) electrons. The van der Waals surface area contributed by atoms with Crippen LogP contribution in [-0.4, -0.2) is 65.2 Å². The standard InChI is InChI=1S/C27H34N4O3/c1-19(2)22-9-7-21(8-10-22)16-26(33)31-13-4-6-24-25(31)17-23(18-28-24)27(34)30-12-5-11-29(14-15-30)20(3)32/h7-10,17-19H,4-6,11-16H2,1-3H3. The molecule has 1 aromatic heterocycles. The molecule has 7 heteroatoms. The van der Waals surface area contributed by atoms with Gasteiger partial charge in [0.1, 0.15) is 0 Å². The second-order valence-corrected chi connectivity index (χ2v) is 9.56. The van der Waals surface area contributed by atoms with E-state index in [0.29, 0.717) is 50.6 Å². The minimum absolute atomic E-state index is 0.0246. The lowest BCUT2D eigenvalue weighted by Crippen LogP contribution is -2.38. The molecule has 3 heterocycles. The maximum Gasteiger partial charge on any atom is 0.255 e. The van der Waals surface area contributed by atoms with Crippen molar-refractivity contribution < 1.29 is 14.4 Å². The van der Waals surface area contributed by atoms with E-state index in [1.165, 1.54) is 5.56 Å². The van der Waals surface area contributed by atoms with Gasteiger partial charge in [-0.2, -0.15) is 0 Å². The zero-order chi connectivity index (χ0) is 24.2. The van der Waals surface area contributed by atoms with Crippen molar-refractivity contribution in [3.63, 3.8) is 0 Å². The van der Waals surface area contributed by atoms with Gasteiger partial charge in [0.25, 0.3) is 5.91 Å². The van der Waals surface area contributed by atoms with Crippen LogP contribution in [0.15, 0.2) is 36.5 Å². The van der Waals surface area contributed by atoms with E-state index in [0.717, 1.165) is 36.2 Å². The Morgan fingerprint density at radius 3 is 2.35 bits per heavy atom. The average molecular weight is 463 g/mol. The number of aryl methyl sites for hydroxylation is 1. The Morgan fingerprint density at radius 1 is 0.941 bits per heavy atom. The van der Waals surface area contributed by atoms with Crippen LogP contribution in [0.25, 0.3) is 0 Å². The quantitative estimate of drug-likeness (QED) is 0.698. The van der Waals surface area contributed by atoms with Crippen molar-refractivity contribution in [1.29, 1.82) is 0 Å². The predicted molar refractivity (Wildman–Crippen MR) is 132 cm³/mol. The van der Waals surface area contributed by atoms with E-state index >= 15 is 0 Å². The van der Waals surface area contributed by atoms with Crippen LogP contribution in [0, 0.1) is 0 Å². The predicted octanol–water partition coefficient (Wildman–Crippen LogP) is 3.42. The van der Waals surface area contributed by atoms with E-state index in [9.17, 15) is 14.4 Å². The van der Waals surface area contributed by atoms with Crippen LogP contribution in [0.4, 0.5) is 5.69 Å². The number of benzene rings is 1. The molecular weight excluding hydrogens is 428 g/mol. The minimum atomic E-state index is -0.0945.